The summed E-state index contributed by atoms with van der Waals surface area (Å²) < 4.78 is 5.01. The maximum absolute atomic E-state index is 11.4. The van der Waals surface area contributed by atoms with Crippen LogP contribution in [0.25, 0.3) is 0 Å². The number of aliphatic hydroxyl groups excluding tert-OH is 1. The summed E-state index contributed by atoms with van der Waals surface area (Å²) in [5, 5.41) is 8.89. The lowest BCUT2D eigenvalue weighted by atomic mass is 9.96. The van der Waals surface area contributed by atoms with Crippen molar-refractivity contribution in [1.29, 1.82) is 0 Å². The maximum Gasteiger partial charge on any atom is 0.309 e. The fourth-order valence-corrected chi connectivity index (χ4v) is 1.90. The summed E-state index contributed by atoms with van der Waals surface area (Å²) in [5.74, 6) is -0.276. The molecule has 1 fully saturated rings. The van der Waals surface area contributed by atoms with Gasteiger partial charge in [0.25, 0.3) is 0 Å². The van der Waals surface area contributed by atoms with Crippen molar-refractivity contribution in [2.45, 2.75) is 18.9 Å². The predicted octanol–water partition coefficient (Wildman–Crippen LogP) is 1.15. The Morgan fingerprint density at radius 3 is 2.67 bits per heavy atom. The molecule has 0 unspecified atom stereocenters. The molecule has 0 amide bonds. The number of ether oxygens (including phenoxy) is 1. The molecule has 0 aliphatic carbocycles. The van der Waals surface area contributed by atoms with E-state index in [0.717, 1.165) is 5.56 Å². The Morgan fingerprint density at radius 2 is 2.07 bits per heavy atom. The number of esters is 1. The van der Waals surface area contributed by atoms with Gasteiger partial charge in [0.15, 0.2) is 0 Å². The Labute approximate surface area is 88.7 Å². The van der Waals surface area contributed by atoms with Crippen LogP contribution in [0.3, 0.4) is 0 Å². The number of cyclic esters (lactones) is 1. The molecular weight excluding hydrogens is 192 g/mol. The van der Waals surface area contributed by atoms with Crippen LogP contribution in [0.4, 0.5) is 0 Å². The van der Waals surface area contributed by atoms with Gasteiger partial charge in [-0.3, -0.25) is 4.79 Å². The van der Waals surface area contributed by atoms with Crippen LogP contribution in [0.1, 0.15) is 12.0 Å². The molecule has 0 bridgehead atoms. The van der Waals surface area contributed by atoms with Crippen molar-refractivity contribution in [3.05, 3.63) is 35.9 Å². The minimum atomic E-state index is -0.300. The molecule has 3 nitrogen and oxygen atoms in total. The van der Waals surface area contributed by atoms with Crippen LogP contribution in [0.2, 0.25) is 0 Å². The van der Waals surface area contributed by atoms with Gasteiger partial charge in [0.05, 0.1) is 12.5 Å². The number of hydrogen-bond acceptors (Lipinski definition) is 3. The monoisotopic (exact) mass is 206 g/mol. The summed E-state index contributed by atoms with van der Waals surface area (Å²) in [5.41, 5.74) is 1.14. The van der Waals surface area contributed by atoms with E-state index in [-0.39, 0.29) is 24.6 Å². The van der Waals surface area contributed by atoms with Crippen LogP contribution in [0, 0.1) is 5.92 Å². The molecule has 80 valence electrons. The Kier molecular flexibility index (Phi) is 3.02. The number of aliphatic hydroxyl groups is 1. The number of hydrogen-bond donors (Lipinski definition) is 1. The van der Waals surface area contributed by atoms with Crippen molar-refractivity contribution in [3.8, 4) is 0 Å². The van der Waals surface area contributed by atoms with E-state index in [9.17, 15) is 4.79 Å². The lowest BCUT2D eigenvalue weighted by Gasteiger charge is -2.04. The highest BCUT2D eigenvalue weighted by Gasteiger charge is 2.33. The molecule has 0 aromatic heterocycles. The molecule has 0 spiro atoms. The van der Waals surface area contributed by atoms with E-state index in [4.69, 9.17) is 9.84 Å². The van der Waals surface area contributed by atoms with E-state index in [2.05, 4.69) is 0 Å². The molecule has 2 rings (SSSR count). The molecule has 1 aliphatic rings. The van der Waals surface area contributed by atoms with E-state index in [0.29, 0.717) is 12.8 Å². The van der Waals surface area contributed by atoms with Crippen LogP contribution in [-0.4, -0.2) is 23.8 Å². The SMILES string of the molecule is O=C1O[C@H](CO)C[C@@H]1Cc1ccccc1. The molecule has 3 heteroatoms. The molecule has 0 saturated carbocycles. The number of carbonyl (C=O) groups is 1. The smallest absolute Gasteiger partial charge is 0.309 e. The van der Waals surface area contributed by atoms with Gasteiger partial charge in [-0.05, 0) is 12.0 Å². The van der Waals surface area contributed by atoms with Crippen molar-refractivity contribution in [3.63, 3.8) is 0 Å². The minimum absolute atomic E-state index is 0.0724. The molecule has 2 atom stereocenters. The molecule has 1 aliphatic heterocycles. The summed E-state index contributed by atoms with van der Waals surface area (Å²) in [4.78, 5) is 11.4. The summed E-state index contributed by atoms with van der Waals surface area (Å²) >= 11 is 0. The van der Waals surface area contributed by atoms with E-state index < -0.39 is 0 Å². The maximum atomic E-state index is 11.4. The lowest BCUT2D eigenvalue weighted by molar-refractivity contribution is -0.145. The molecule has 1 saturated heterocycles. The van der Waals surface area contributed by atoms with Crippen molar-refractivity contribution >= 4 is 5.97 Å². The van der Waals surface area contributed by atoms with Crippen molar-refractivity contribution in [1.82, 2.24) is 0 Å². The molecule has 1 aromatic carbocycles. The quantitative estimate of drug-likeness (QED) is 0.755. The van der Waals surface area contributed by atoms with Crippen molar-refractivity contribution in [2.75, 3.05) is 6.61 Å². The predicted molar refractivity (Wildman–Crippen MR) is 55.2 cm³/mol. The summed E-state index contributed by atoms with van der Waals surface area (Å²) in [7, 11) is 0. The molecular formula is C12H14O3. The molecule has 15 heavy (non-hydrogen) atoms. The fraction of sp³-hybridized carbons (Fsp3) is 0.417. The zero-order valence-corrected chi connectivity index (χ0v) is 8.43. The second-order valence-electron chi connectivity index (χ2n) is 3.86. The average molecular weight is 206 g/mol. The Bertz CT molecular complexity index is 334. The third-order valence-corrected chi connectivity index (χ3v) is 2.69. The fourth-order valence-electron chi connectivity index (χ4n) is 1.90. The standard InChI is InChI=1S/C12H14O3/c13-8-11-7-10(12(14)15-11)6-9-4-2-1-3-5-9/h1-5,10-11,13H,6-8H2/t10-,11-/m0/s1. The van der Waals surface area contributed by atoms with E-state index in [1.54, 1.807) is 0 Å². The highest BCUT2D eigenvalue weighted by Crippen LogP contribution is 2.24. The number of rotatable bonds is 3. The summed E-state index contributed by atoms with van der Waals surface area (Å²) in [6.45, 7) is -0.0724. The zero-order valence-electron chi connectivity index (χ0n) is 8.43. The zero-order chi connectivity index (χ0) is 10.7. The van der Waals surface area contributed by atoms with Crippen LogP contribution in [-0.2, 0) is 16.0 Å². The van der Waals surface area contributed by atoms with Crippen LogP contribution in [0.15, 0.2) is 30.3 Å². The average Bonchev–Trinajstić information content (AvgIpc) is 2.61. The van der Waals surface area contributed by atoms with Gasteiger partial charge in [-0.1, -0.05) is 30.3 Å². The van der Waals surface area contributed by atoms with E-state index >= 15 is 0 Å². The van der Waals surface area contributed by atoms with Gasteiger partial charge in [-0.2, -0.15) is 0 Å². The van der Waals surface area contributed by atoms with Gasteiger partial charge in [-0.25, -0.2) is 0 Å². The van der Waals surface area contributed by atoms with Gasteiger partial charge in [0.2, 0.25) is 0 Å². The Balaban J connectivity index is 1.99. The summed E-state index contributed by atoms with van der Waals surface area (Å²) in [6, 6.07) is 9.87. The lowest BCUT2D eigenvalue weighted by Crippen LogP contribution is -2.11. The highest BCUT2D eigenvalue weighted by molar-refractivity contribution is 5.75. The van der Waals surface area contributed by atoms with Crippen LogP contribution < -0.4 is 0 Å². The number of benzene rings is 1. The largest absolute Gasteiger partial charge is 0.460 e. The van der Waals surface area contributed by atoms with Gasteiger partial charge in [0.1, 0.15) is 6.10 Å². The first kappa shape index (κ1) is 10.2. The second-order valence-corrected chi connectivity index (χ2v) is 3.86. The van der Waals surface area contributed by atoms with Crippen molar-refractivity contribution < 1.29 is 14.6 Å². The third-order valence-electron chi connectivity index (χ3n) is 2.69. The number of carbonyl (C=O) groups excluding carboxylic acids is 1. The first-order valence-corrected chi connectivity index (χ1v) is 5.15. The highest BCUT2D eigenvalue weighted by atomic mass is 16.6. The first-order chi connectivity index (χ1) is 7.29. The van der Waals surface area contributed by atoms with E-state index in [1.165, 1.54) is 0 Å². The first-order valence-electron chi connectivity index (χ1n) is 5.15. The van der Waals surface area contributed by atoms with Crippen molar-refractivity contribution in [2.24, 2.45) is 5.92 Å². The van der Waals surface area contributed by atoms with Crippen LogP contribution >= 0.6 is 0 Å². The minimum Gasteiger partial charge on any atom is -0.460 e. The normalized spacial score (nSPS) is 25.3. The van der Waals surface area contributed by atoms with Gasteiger partial charge in [0, 0.05) is 6.42 Å². The Hall–Kier alpha value is -1.35. The molecule has 0 radical (unpaired) electrons. The second kappa shape index (κ2) is 4.45. The van der Waals surface area contributed by atoms with Gasteiger partial charge in [-0.15, -0.1) is 0 Å². The molecule has 1 aromatic rings. The topological polar surface area (TPSA) is 46.5 Å². The van der Waals surface area contributed by atoms with Gasteiger partial charge >= 0.3 is 5.97 Å². The third kappa shape index (κ3) is 2.36. The summed E-state index contributed by atoms with van der Waals surface area (Å²) in [6.07, 6.45) is 1.03. The molecule has 1 heterocycles. The molecule has 1 N–H and O–H groups in total. The van der Waals surface area contributed by atoms with Gasteiger partial charge < -0.3 is 9.84 Å². The van der Waals surface area contributed by atoms with Crippen LogP contribution in [0.5, 0.6) is 0 Å². The van der Waals surface area contributed by atoms with E-state index in [1.807, 2.05) is 30.3 Å². The Morgan fingerprint density at radius 1 is 1.33 bits per heavy atom.